The standard InChI is InChI=1S/C23H24N4O3/c1-25-22-21(30-23(25)29)13-17(14-24-22)20(28)15-26-9-11-27(12-10-26)19-8-4-6-16-5-2-3-7-18(16)19/h2-8,13-14,20,28H,9-12,15H2,1H3. The number of benzene rings is 2. The molecule has 0 aliphatic carbocycles. The largest absolute Gasteiger partial charge is 0.420 e. The Kier molecular flexibility index (Phi) is 4.77. The van der Waals surface area contributed by atoms with E-state index in [4.69, 9.17) is 4.42 Å². The zero-order valence-electron chi connectivity index (χ0n) is 16.9. The maximum Gasteiger partial charge on any atom is 0.420 e. The Labute approximate surface area is 173 Å². The van der Waals surface area contributed by atoms with Crippen LogP contribution < -0.4 is 10.7 Å². The predicted molar refractivity (Wildman–Crippen MR) is 117 cm³/mol. The van der Waals surface area contributed by atoms with E-state index in [0.29, 0.717) is 23.3 Å². The van der Waals surface area contributed by atoms with Gasteiger partial charge in [-0.05, 0) is 17.5 Å². The summed E-state index contributed by atoms with van der Waals surface area (Å²) in [5.41, 5.74) is 2.81. The quantitative estimate of drug-likeness (QED) is 0.563. The highest BCUT2D eigenvalue weighted by atomic mass is 16.4. The van der Waals surface area contributed by atoms with Gasteiger partial charge < -0.3 is 14.4 Å². The molecule has 0 bridgehead atoms. The van der Waals surface area contributed by atoms with Crippen molar-refractivity contribution < 1.29 is 9.52 Å². The number of nitrogens with zero attached hydrogens (tertiary/aromatic N) is 4. The number of oxazole rings is 1. The fourth-order valence-electron chi connectivity index (χ4n) is 4.22. The van der Waals surface area contributed by atoms with Gasteiger partial charge in [0.1, 0.15) is 0 Å². The maximum atomic E-state index is 11.6. The number of rotatable bonds is 4. The van der Waals surface area contributed by atoms with Crippen LogP contribution in [-0.4, -0.2) is 52.3 Å². The minimum absolute atomic E-state index is 0.403. The van der Waals surface area contributed by atoms with Gasteiger partial charge in [-0.2, -0.15) is 0 Å². The summed E-state index contributed by atoms with van der Waals surface area (Å²) in [7, 11) is 1.62. The number of hydrogen-bond donors (Lipinski definition) is 1. The second-order valence-corrected chi connectivity index (χ2v) is 7.82. The van der Waals surface area contributed by atoms with Gasteiger partial charge in [0, 0.05) is 62.6 Å². The second-order valence-electron chi connectivity index (χ2n) is 7.82. The van der Waals surface area contributed by atoms with Crippen molar-refractivity contribution in [3.63, 3.8) is 0 Å². The zero-order chi connectivity index (χ0) is 20.7. The van der Waals surface area contributed by atoms with Crippen LogP contribution in [0.2, 0.25) is 0 Å². The average molecular weight is 404 g/mol. The summed E-state index contributed by atoms with van der Waals surface area (Å²) in [6, 6.07) is 16.6. The molecule has 154 valence electrons. The second kappa shape index (κ2) is 7.59. The summed E-state index contributed by atoms with van der Waals surface area (Å²) in [4.78, 5) is 20.6. The lowest BCUT2D eigenvalue weighted by atomic mass is 10.1. The number of aryl methyl sites for hydroxylation is 1. The van der Waals surface area contributed by atoms with Gasteiger partial charge in [-0.1, -0.05) is 36.4 Å². The van der Waals surface area contributed by atoms with E-state index in [2.05, 4.69) is 57.2 Å². The van der Waals surface area contributed by atoms with Gasteiger partial charge in [-0.15, -0.1) is 0 Å². The van der Waals surface area contributed by atoms with Gasteiger partial charge in [0.25, 0.3) is 0 Å². The molecule has 2 aromatic carbocycles. The van der Waals surface area contributed by atoms with Gasteiger partial charge >= 0.3 is 5.76 Å². The fraction of sp³-hybridized carbons (Fsp3) is 0.304. The van der Waals surface area contributed by atoms with Crippen molar-refractivity contribution in [2.75, 3.05) is 37.6 Å². The van der Waals surface area contributed by atoms with E-state index in [1.54, 1.807) is 19.3 Å². The Morgan fingerprint density at radius 1 is 1.10 bits per heavy atom. The van der Waals surface area contributed by atoms with Gasteiger partial charge in [0.15, 0.2) is 11.2 Å². The summed E-state index contributed by atoms with van der Waals surface area (Å²) >= 11 is 0. The highest BCUT2D eigenvalue weighted by Gasteiger charge is 2.22. The van der Waals surface area contributed by atoms with Crippen LogP contribution in [0.25, 0.3) is 22.0 Å². The summed E-state index contributed by atoms with van der Waals surface area (Å²) in [6.07, 6.45) is 0.936. The first-order valence-corrected chi connectivity index (χ1v) is 10.2. The normalized spacial score (nSPS) is 16.4. The number of fused-ring (bicyclic) bond motifs is 2. The number of hydrogen-bond acceptors (Lipinski definition) is 6. The highest BCUT2D eigenvalue weighted by molar-refractivity contribution is 5.94. The number of aromatic nitrogens is 2. The first kappa shape index (κ1) is 18.8. The van der Waals surface area contributed by atoms with E-state index >= 15 is 0 Å². The van der Waals surface area contributed by atoms with Crippen molar-refractivity contribution in [1.82, 2.24) is 14.5 Å². The van der Waals surface area contributed by atoms with E-state index in [1.807, 2.05) is 0 Å². The molecule has 7 nitrogen and oxygen atoms in total. The number of anilines is 1. The van der Waals surface area contributed by atoms with Crippen LogP contribution in [-0.2, 0) is 7.05 Å². The Morgan fingerprint density at radius 3 is 2.70 bits per heavy atom. The van der Waals surface area contributed by atoms with Gasteiger partial charge in [-0.25, -0.2) is 9.78 Å². The lowest BCUT2D eigenvalue weighted by Gasteiger charge is -2.37. The van der Waals surface area contributed by atoms with Crippen LogP contribution in [0.15, 0.2) is 63.9 Å². The van der Waals surface area contributed by atoms with Gasteiger partial charge in [0.05, 0.1) is 6.10 Å². The summed E-state index contributed by atoms with van der Waals surface area (Å²) in [5, 5.41) is 13.2. The Morgan fingerprint density at radius 2 is 1.87 bits per heavy atom. The molecular weight excluding hydrogens is 380 g/mol. The van der Waals surface area contributed by atoms with Crippen molar-refractivity contribution in [2.24, 2.45) is 7.05 Å². The summed E-state index contributed by atoms with van der Waals surface area (Å²) in [6.45, 7) is 4.08. The molecule has 1 aliphatic rings. The van der Waals surface area contributed by atoms with Gasteiger partial charge in [0.2, 0.25) is 0 Å². The monoisotopic (exact) mass is 404 g/mol. The first-order valence-electron chi connectivity index (χ1n) is 10.2. The molecule has 0 amide bonds. The number of pyridine rings is 1. The molecule has 1 fully saturated rings. The van der Waals surface area contributed by atoms with E-state index in [0.717, 1.165) is 26.2 Å². The number of aliphatic hydroxyl groups excluding tert-OH is 1. The molecule has 30 heavy (non-hydrogen) atoms. The highest BCUT2D eigenvalue weighted by Crippen LogP contribution is 2.28. The third kappa shape index (κ3) is 3.36. The average Bonchev–Trinajstić information content (AvgIpc) is 3.07. The first-order chi connectivity index (χ1) is 14.6. The SMILES string of the molecule is Cn1c(=O)oc2cc(C(O)CN3CCN(c4cccc5ccccc45)CC3)cnc21. The molecule has 0 radical (unpaired) electrons. The molecule has 0 spiro atoms. The third-order valence-electron chi connectivity index (χ3n) is 5.94. The van der Waals surface area contributed by atoms with Crippen molar-refractivity contribution in [3.05, 3.63) is 70.8 Å². The maximum absolute atomic E-state index is 11.6. The lowest BCUT2D eigenvalue weighted by Crippen LogP contribution is -2.47. The molecule has 1 saturated heterocycles. The van der Waals surface area contributed by atoms with Crippen LogP contribution in [0.4, 0.5) is 5.69 Å². The fourth-order valence-corrected chi connectivity index (χ4v) is 4.22. The topological polar surface area (TPSA) is 74.7 Å². The minimum atomic E-state index is -0.684. The van der Waals surface area contributed by atoms with Crippen LogP contribution in [0, 0.1) is 0 Å². The van der Waals surface area contributed by atoms with Crippen LogP contribution >= 0.6 is 0 Å². The smallest absolute Gasteiger partial charge is 0.406 e. The number of β-amino-alcohol motifs (C(OH)–C–C–N with tert-alkyl or cyclic N) is 1. The molecule has 7 heteroatoms. The van der Waals surface area contributed by atoms with E-state index in [9.17, 15) is 9.90 Å². The molecule has 2 aromatic heterocycles. The third-order valence-corrected chi connectivity index (χ3v) is 5.94. The molecule has 4 aromatic rings. The molecule has 1 atom stereocenters. The Balaban J connectivity index is 1.26. The molecule has 1 unspecified atom stereocenters. The Hall–Kier alpha value is -3.16. The summed E-state index contributed by atoms with van der Waals surface area (Å²) < 4.78 is 6.55. The predicted octanol–water partition coefficient (Wildman–Crippen LogP) is 2.54. The molecule has 1 N–H and O–H groups in total. The van der Waals surface area contributed by atoms with E-state index in [1.165, 1.54) is 21.0 Å². The van der Waals surface area contributed by atoms with Crippen LogP contribution in [0.3, 0.4) is 0 Å². The molecule has 1 aliphatic heterocycles. The minimum Gasteiger partial charge on any atom is -0.406 e. The number of piperazine rings is 1. The zero-order valence-corrected chi connectivity index (χ0v) is 16.9. The summed E-state index contributed by atoms with van der Waals surface area (Å²) in [5.74, 6) is -0.450. The van der Waals surface area contributed by atoms with Crippen LogP contribution in [0.5, 0.6) is 0 Å². The van der Waals surface area contributed by atoms with E-state index in [-0.39, 0.29) is 0 Å². The molecule has 5 rings (SSSR count). The van der Waals surface area contributed by atoms with Gasteiger partial charge in [-0.3, -0.25) is 9.47 Å². The van der Waals surface area contributed by atoms with Crippen LogP contribution in [0.1, 0.15) is 11.7 Å². The molecular formula is C23H24N4O3. The molecule has 3 heterocycles. The van der Waals surface area contributed by atoms with E-state index < -0.39 is 11.9 Å². The van der Waals surface area contributed by atoms with Crippen molar-refractivity contribution in [3.8, 4) is 0 Å². The molecule has 0 saturated carbocycles. The van der Waals surface area contributed by atoms with Crippen molar-refractivity contribution in [2.45, 2.75) is 6.10 Å². The lowest BCUT2D eigenvalue weighted by molar-refractivity contribution is 0.109. The Bertz CT molecular complexity index is 1250. The number of aliphatic hydroxyl groups is 1. The van der Waals surface area contributed by atoms with Crippen molar-refractivity contribution in [1.29, 1.82) is 0 Å². The van der Waals surface area contributed by atoms with Crippen molar-refractivity contribution >= 4 is 27.7 Å².